The molecule has 0 aliphatic heterocycles. The van der Waals surface area contributed by atoms with Crippen LogP contribution in [0, 0.1) is 20.2 Å². The van der Waals surface area contributed by atoms with Crippen LogP contribution < -0.4 is 10.1 Å². The fourth-order valence-corrected chi connectivity index (χ4v) is 2.97. The number of methoxy groups -OCH3 is 1. The van der Waals surface area contributed by atoms with Crippen molar-refractivity contribution in [1.82, 2.24) is 0 Å². The maximum Gasteiger partial charge on any atom is 0.320 e. The van der Waals surface area contributed by atoms with E-state index in [0.717, 1.165) is 35.4 Å². The van der Waals surface area contributed by atoms with Crippen molar-refractivity contribution in [2.24, 2.45) is 0 Å². The molecule has 1 heterocycles. The van der Waals surface area contributed by atoms with Gasteiger partial charge in [-0.3, -0.25) is 25.0 Å². The third-order valence-corrected chi connectivity index (χ3v) is 4.60. The Balaban J connectivity index is 1.78. The Morgan fingerprint density at radius 3 is 2.23 bits per heavy atom. The average Bonchev–Trinajstić information content (AvgIpc) is 3.21. The lowest BCUT2D eigenvalue weighted by molar-refractivity contribution is -0.395. The second kappa shape index (κ2) is 9.22. The minimum Gasteiger partial charge on any atom is -0.485 e. The van der Waals surface area contributed by atoms with Gasteiger partial charge in [0, 0.05) is 28.2 Å². The second-order valence-electron chi connectivity index (χ2n) is 6.09. The van der Waals surface area contributed by atoms with Crippen LogP contribution in [-0.4, -0.2) is 22.9 Å². The number of nitrogens with one attached hydrogen (secondary N) is 1. The summed E-state index contributed by atoms with van der Waals surface area (Å²) in [6, 6.07) is 12.9. The topological polar surface area (TPSA) is 138 Å². The van der Waals surface area contributed by atoms with Gasteiger partial charge in [-0.05, 0) is 30.3 Å². The Morgan fingerprint density at radius 2 is 1.68 bits per heavy atom. The molecule has 0 fully saturated rings. The Morgan fingerprint density at radius 1 is 1.06 bits per heavy atom. The average molecular weight is 488 g/mol. The molecule has 3 aromatic rings. The highest BCUT2D eigenvalue weighted by Gasteiger charge is 2.28. The van der Waals surface area contributed by atoms with Crippen molar-refractivity contribution in [3.63, 3.8) is 0 Å². The molecule has 0 aliphatic carbocycles. The Hall–Kier alpha value is -3.99. The third-order valence-electron chi connectivity index (χ3n) is 4.07. The molecule has 0 spiro atoms. The van der Waals surface area contributed by atoms with Crippen molar-refractivity contribution in [3.8, 4) is 17.1 Å². The van der Waals surface area contributed by atoms with Crippen LogP contribution >= 0.6 is 15.9 Å². The number of carbonyl (C=O) groups is 1. The van der Waals surface area contributed by atoms with Gasteiger partial charge in [-0.2, -0.15) is 0 Å². The number of carbonyl (C=O) groups excluding carboxylic acids is 1. The maximum atomic E-state index is 12.2. The molecule has 0 unspecified atom stereocenters. The van der Waals surface area contributed by atoms with Crippen molar-refractivity contribution in [1.29, 1.82) is 0 Å². The monoisotopic (exact) mass is 487 g/mol. The molecule has 0 bridgehead atoms. The van der Waals surface area contributed by atoms with Crippen LogP contribution in [0.4, 0.5) is 17.1 Å². The lowest BCUT2D eigenvalue weighted by Gasteiger charge is -2.06. The minimum absolute atomic E-state index is 0.121. The molecular weight excluding hydrogens is 474 g/mol. The zero-order valence-corrected chi connectivity index (χ0v) is 17.5. The van der Waals surface area contributed by atoms with Crippen molar-refractivity contribution in [2.45, 2.75) is 0 Å². The van der Waals surface area contributed by atoms with E-state index in [0.29, 0.717) is 11.5 Å². The molecule has 3 rings (SSSR count). The van der Waals surface area contributed by atoms with Gasteiger partial charge in [0.25, 0.3) is 5.75 Å². The van der Waals surface area contributed by atoms with E-state index in [1.54, 1.807) is 12.1 Å². The molecule has 1 aromatic heterocycles. The molecule has 0 saturated heterocycles. The van der Waals surface area contributed by atoms with E-state index in [-0.39, 0.29) is 5.69 Å². The summed E-state index contributed by atoms with van der Waals surface area (Å²) in [6.45, 7) is 0. The summed E-state index contributed by atoms with van der Waals surface area (Å²) in [6.07, 6.45) is 2.55. The van der Waals surface area contributed by atoms with Gasteiger partial charge in [0.15, 0.2) is 0 Å². The van der Waals surface area contributed by atoms with Crippen LogP contribution in [0.15, 0.2) is 63.5 Å². The molecule has 2 aromatic carbocycles. The number of hydrogen-bond acceptors (Lipinski definition) is 7. The predicted molar refractivity (Wildman–Crippen MR) is 116 cm³/mol. The summed E-state index contributed by atoms with van der Waals surface area (Å²) in [7, 11) is 1.09. The first kappa shape index (κ1) is 21.7. The summed E-state index contributed by atoms with van der Waals surface area (Å²) in [4.78, 5) is 32.9. The fraction of sp³-hybridized carbons (Fsp3) is 0.0500. The van der Waals surface area contributed by atoms with Crippen LogP contribution in [0.25, 0.3) is 17.4 Å². The molecule has 0 radical (unpaired) electrons. The molecule has 0 aliphatic rings. The summed E-state index contributed by atoms with van der Waals surface area (Å²) in [5.74, 6) is -0.149. The number of ether oxygens (including phenoxy) is 1. The van der Waals surface area contributed by atoms with Crippen LogP contribution in [0.3, 0.4) is 0 Å². The first-order valence-corrected chi connectivity index (χ1v) is 9.43. The third kappa shape index (κ3) is 5.14. The van der Waals surface area contributed by atoms with E-state index < -0.39 is 32.9 Å². The maximum absolute atomic E-state index is 12.2. The molecule has 11 heteroatoms. The number of nitro benzene ring substituents is 2. The lowest BCUT2D eigenvalue weighted by atomic mass is 10.2. The molecular formula is C20H14BrN3O7. The molecule has 0 atom stereocenters. The van der Waals surface area contributed by atoms with Crippen LogP contribution in [0.2, 0.25) is 0 Å². The molecule has 0 saturated carbocycles. The molecule has 10 nitrogen and oxygen atoms in total. The Bertz CT molecular complexity index is 1150. The number of rotatable bonds is 7. The Labute approximate surface area is 183 Å². The molecule has 1 N–H and O–H groups in total. The minimum atomic E-state index is -0.830. The van der Waals surface area contributed by atoms with Gasteiger partial charge >= 0.3 is 11.4 Å². The number of amides is 1. The zero-order valence-electron chi connectivity index (χ0n) is 15.9. The van der Waals surface area contributed by atoms with Crippen LogP contribution in [-0.2, 0) is 4.79 Å². The van der Waals surface area contributed by atoms with Crippen molar-refractivity contribution in [2.75, 3.05) is 12.4 Å². The van der Waals surface area contributed by atoms with Crippen molar-refractivity contribution in [3.05, 3.63) is 85.1 Å². The van der Waals surface area contributed by atoms with Crippen molar-refractivity contribution >= 4 is 45.0 Å². The smallest absolute Gasteiger partial charge is 0.320 e. The summed E-state index contributed by atoms with van der Waals surface area (Å²) < 4.78 is 11.4. The standard InChI is InChI=1S/C20H14BrN3O7/c1-30-20-16(23(26)27)10-14(11-17(20)24(28)29)22-19(25)9-7-15-6-8-18(31-15)12-2-4-13(21)5-3-12/h2-11H,1H3,(H,22,25)/b9-7+. The second-order valence-corrected chi connectivity index (χ2v) is 7.01. The van der Waals surface area contributed by atoms with E-state index in [9.17, 15) is 25.0 Å². The largest absolute Gasteiger partial charge is 0.485 e. The van der Waals surface area contributed by atoms with E-state index >= 15 is 0 Å². The van der Waals surface area contributed by atoms with E-state index in [2.05, 4.69) is 21.2 Å². The van der Waals surface area contributed by atoms with E-state index in [1.165, 1.54) is 6.08 Å². The van der Waals surface area contributed by atoms with Gasteiger partial charge in [0.05, 0.1) is 22.6 Å². The number of halogens is 1. The first-order chi connectivity index (χ1) is 14.8. The number of anilines is 1. The van der Waals surface area contributed by atoms with Gasteiger partial charge < -0.3 is 14.5 Å². The normalized spacial score (nSPS) is 10.8. The molecule has 1 amide bonds. The van der Waals surface area contributed by atoms with Crippen LogP contribution in [0.1, 0.15) is 5.76 Å². The number of nitro groups is 2. The molecule has 158 valence electrons. The van der Waals surface area contributed by atoms with E-state index in [4.69, 9.17) is 9.15 Å². The predicted octanol–water partition coefficient (Wildman–Crippen LogP) is 5.19. The zero-order chi connectivity index (χ0) is 22.5. The summed E-state index contributed by atoms with van der Waals surface area (Å²) in [5, 5.41) is 24.8. The van der Waals surface area contributed by atoms with Crippen molar-refractivity contribution < 1.29 is 23.8 Å². The lowest BCUT2D eigenvalue weighted by Crippen LogP contribution is -2.09. The van der Waals surface area contributed by atoms with Gasteiger partial charge in [-0.25, -0.2) is 0 Å². The quantitative estimate of drug-likeness (QED) is 0.275. The number of furan rings is 1. The van der Waals surface area contributed by atoms with Gasteiger partial charge in [0.2, 0.25) is 5.91 Å². The number of benzene rings is 2. The van der Waals surface area contributed by atoms with Gasteiger partial charge in [0.1, 0.15) is 11.5 Å². The van der Waals surface area contributed by atoms with Gasteiger partial charge in [-0.1, -0.05) is 28.1 Å². The fourth-order valence-electron chi connectivity index (χ4n) is 2.70. The summed E-state index contributed by atoms with van der Waals surface area (Å²) >= 11 is 3.36. The van der Waals surface area contributed by atoms with Gasteiger partial charge in [-0.15, -0.1) is 0 Å². The SMILES string of the molecule is COc1c([N+](=O)[O-])cc(NC(=O)/C=C/c2ccc(-c3ccc(Br)cc3)o2)cc1[N+](=O)[O-]. The highest BCUT2D eigenvalue weighted by atomic mass is 79.9. The highest BCUT2D eigenvalue weighted by Crippen LogP contribution is 2.39. The Kier molecular flexibility index (Phi) is 6.46. The summed E-state index contributed by atoms with van der Waals surface area (Å²) in [5.41, 5.74) is -0.545. The van der Waals surface area contributed by atoms with Crippen LogP contribution in [0.5, 0.6) is 5.75 Å². The number of nitrogens with zero attached hydrogens (tertiary/aromatic N) is 2. The molecule has 31 heavy (non-hydrogen) atoms. The highest BCUT2D eigenvalue weighted by molar-refractivity contribution is 9.10. The number of hydrogen-bond donors (Lipinski definition) is 1. The first-order valence-electron chi connectivity index (χ1n) is 8.64. The van der Waals surface area contributed by atoms with E-state index in [1.807, 2.05) is 24.3 Å².